The highest BCUT2D eigenvalue weighted by Gasteiger charge is 2.20. The van der Waals surface area contributed by atoms with Crippen LogP contribution in [-0.4, -0.2) is 44.6 Å². The quantitative estimate of drug-likeness (QED) is 0.879. The van der Waals surface area contributed by atoms with Gasteiger partial charge >= 0.3 is 0 Å². The molecule has 6 nitrogen and oxygen atoms in total. The number of anilines is 2. The summed E-state index contributed by atoms with van der Waals surface area (Å²) in [5.74, 6) is 1.54. The topological polar surface area (TPSA) is 85.5 Å². The molecule has 1 aliphatic heterocycles. The molecule has 19 heavy (non-hydrogen) atoms. The lowest BCUT2D eigenvalue weighted by atomic mass is 10.3. The summed E-state index contributed by atoms with van der Waals surface area (Å²) in [5, 5.41) is 0. The van der Waals surface area contributed by atoms with Crippen molar-refractivity contribution in [1.29, 1.82) is 0 Å². The standard InChI is InChI=1S/C12H19N3O3S/c1-2-18-12-10(13)4-5-11(14-12)15-6-3-8-19(16,17)9-7-15/h4-5H,2-3,6-9,13H2,1H3. The van der Waals surface area contributed by atoms with Crippen LogP contribution in [0.2, 0.25) is 0 Å². The van der Waals surface area contributed by atoms with Gasteiger partial charge in [-0.3, -0.25) is 0 Å². The number of nitrogen functional groups attached to an aromatic ring is 1. The number of hydrogen-bond donors (Lipinski definition) is 1. The van der Waals surface area contributed by atoms with Gasteiger partial charge in [0.2, 0.25) is 5.88 Å². The second-order valence-corrected chi connectivity index (χ2v) is 6.79. The molecule has 1 aromatic heterocycles. The minimum absolute atomic E-state index is 0.170. The zero-order valence-electron chi connectivity index (χ0n) is 11.0. The number of rotatable bonds is 3. The van der Waals surface area contributed by atoms with E-state index in [0.29, 0.717) is 37.7 Å². The van der Waals surface area contributed by atoms with Crippen LogP contribution in [0.1, 0.15) is 13.3 Å². The maximum Gasteiger partial charge on any atom is 0.239 e. The molecular formula is C12H19N3O3S. The molecule has 0 spiro atoms. The molecule has 0 unspecified atom stereocenters. The number of ether oxygens (including phenoxy) is 1. The first-order valence-corrected chi connectivity index (χ1v) is 8.18. The molecule has 0 saturated carbocycles. The predicted molar refractivity (Wildman–Crippen MR) is 75.3 cm³/mol. The molecule has 0 radical (unpaired) electrons. The van der Waals surface area contributed by atoms with Gasteiger partial charge in [-0.1, -0.05) is 0 Å². The Bertz CT molecular complexity index is 545. The highest BCUT2D eigenvalue weighted by Crippen LogP contribution is 2.24. The second-order valence-electron chi connectivity index (χ2n) is 4.49. The van der Waals surface area contributed by atoms with Crippen molar-refractivity contribution in [3.8, 4) is 5.88 Å². The summed E-state index contributed by atoms with van der Waals surface area (Å²) >= 11 is 0. The predicted octanol–water partition coefficient (Wildman–Crippen LogP) is 0.687. The molecule has 1 fully saturated rings. The monoisotopic (exact) mass is 285 g/mol. The van der Waals surface area contributed by atoms with Gasteiger partial charge in [-0.2, -0.15) is 4.98 Å². The Kier molecular flexibility index (Phi) is 4.14. The number of aromatic nitrogens is 1. The van der Waals surface area contributed by atoms with Crippen molar-refractivity contribution in [2.24, 2.45) is 0 Å². The van der Waals surface area contributed by atoms with Gasteiger partial charge in [0.15, 0.2) is 9.84 Å². The van der Waals surface area contributed by atoms with E-state index in [-0.39, 0.29) is 11.5 Å². The third kappa shape index (κ3) is 3.50. The summed E-state index contributed by atoms with van der Waals surface area (Å²) in [5.41, 5.74) is 6.27. The summed E-state index contributed by atoms with van der Waals surface area (Å²) in [6, 6.07) is 3.54. The first-order valence-electron chi connectivity index (χ1n) is 6.36. The van der Waals surface area contributed by atoms with Crippen molar-refractivity contribution in [2.45, 2.75) is 13.3 Å². The molecule has 0 atom stereocenters. The van der Waals surface area contributed by atoms with Crippen LogP contribution in [0.25, 0.3) is 0 Å². The van der Waals surface area contributed by atoms with Gasteiger partial charge < -0.3 is 15.4 Å². The third-order valence-corrected chi connectivity index (χ3v) is 4.75. The van der Waals surface area contributed by atoms with Crippen LogP contribution in [0.15, 0.2) is 12.1 Å². The first kappa shape index (κ1) is 13.9. The van der Waals surface area contributed by atoms with Crippen LogP contribution in [-0.2, 0) is 9.84 Å². The normalized spacial score (nSPS) is 18.9. The van der Waals surface area contributed by atoms with Gasteiger partial charge in [-0.05, 0) is 25.5 Å². The van der Waals surface area contributed by atoms with Crippen LogP contribution < -0.4 is 15.4 Å². The highest BCUT2D eigenvalue weighted by molar-refractivity contribution is 7.91. The number of nitrogens with zero attached hydrogens (tertiary/aromatic N) is 2. The van der Waals surface area contributed by atoms with Crippen molar-refractivity contribution in [2.75, 3.05) is 41.8 Å². The summed E-state index contributed by atoms with van der Waals surface area (Å²) in [7, 11) is -2.91. The van der Waals surface area contributed by atoms with E-state index in [1.54, 1.807) is 12.1 Å². The zero-order valence-corrected chi connectivity index (χ0v) is 11.8. The van der Waals surface area contributed by atoms with Crippen LogP contribution in [0.5, 0.6) is 5.88 Å². The molecule has 7 heteroatoms. The highest BCUT2D eigenvalue weighted by atomic mass is 32.2. The fourth-order valence-corrected chi connectivity index (χ4v) is 3.31. The van der Waals surface area contributed by atoms with Crippen LogP contribution >= 0.6 is 0 Å². The van der Waals surface area contributed by atoms with Crippen molar-refractivity contribution in [1.82, 2.24) is 4.98 Å². The molecule has 1 saturated heterocycles. The second kappa shape index (κ2) is 5.64. The fourth-order valence-electron chi connectivity index (χ4n) is 2.04. The molecule has 0 bridgehead atoms. The average molecular weight is 285 g/mol. The molecule has 106 valence electrons. The Hall–Kier alpha value is -1.50. The Balaban J connectivity index is 2.19. The molecule has 0 amide bonds. The Morgan fingerprint density at radius 2 is 2.16 bits per heavy atom. The molecular weight excluding hydrogens is 266 g/mol. The lowest BCUT2D eigenvalue weighted by Crippen LogP contribution is -2.27. The van der Waals surface area contributed by atoms with E-state index in [2.05, 4.69) is 4.98 Å². The van der Waals surface area contributed by atoms with Gasteiger partial charge in [0.1, 0.15) is 5.82 Å². The van der Waals surface area contributed by atoms with E-state index in [1.165, 1.54) is 0 Å². The summed E-state index contributed by atoms with van der Waals surface area (Å²) in [6.07, 6.45) is 0.623. The van der Waals surface area contributed by atoms with Gasteiger partial charge in [0.25, 0.3) is 0 Å². The van der Waals surface area contributed by atoms with Gasteiger partial charge in [-0.25, -0.2) is 8.42 Å². The molecule has 2 N–H and O–H groups in total. The SMILES string of the molecule is CCOc1nc(N2CCCS(=O)(=O)CC2)ccc1N. The van der Waals surface area contributed by atoms with E-state index in [4.69, 9.17) is 10.5 Å². The molecule has 1 aromatic rings. The van der Waals surface area contributed by atoms with Crippen molar-refractivity contribution in [3.05, 3.63) is 12.1 Å². The Morgan fingerprint density at radius 1 is 1.37 bits per heavy atom. The number of hydrogen-bond acceptors (Lipinski definition) is 6. The molecule has 1 aliphatic rings. The van der Waals surface area contributed by atoms with Gasteiger partial charge in [-0.15, -0.1) is 0 Å². The van der Waals surface area contributed by atoms with E-state index in [0.717, 1.165) is 5.82 Å². The maximum atomic E-state index is 11.6. The number of nitrogens with two attached hydrogens (primary N) is 1. The minimum Gasteiger partial charge on any atom is -0.476 e. The molecule has 2 rings (SSSR count). The lowest BCUT2D eigenvalue weighted by molar-refractivity contribution is 0.329. The van der Waals surface area contributed by atoms with E-state index in [9.17, 15) is 8.42 Å². The lowest BCUT2D eigenvalue weighted by Gasteiger charge is -2.21. The number of pyridine rings is 1. The van der Waals surface area contributed by atoms with E-state index < -0.39 is 9.84 Å². The Labute approximate surface area is 113 Å². The average Bonchev–Trinajstić information content (AvgIpc) is 2.53. The van der Waals surface area contributed by atoms with Gasteiger partial charge in [0, 0.05) is 13.1 Å². The van der Waals surface area contributed by atoms with Crippen molar-refractivity contribution >= 4 is 21.3 Å². The maximum absolute atomic E-state index is 11.6. The summed E-state index contributed by atoms with van der Waals surface area (Å²) in [6.45, 7) is 3.51. The summed E-state index contributed by atoms with van der Waals surface area (Å²) in [4.78, 5) is 6.32. The number of sulfone groups is 1. The van der Waals surface area contributed by atoms with Crippen molar-refractivity contribution < 1.29 is 13.2 Å². The van der Waals surface area contributed by atoms with Crippen molar-refractivity contribution in [3.63, 3.8) is 0 Å². The van der Waals surface area contributed by atoms with Crippen LogP contribution in [0, 0.1) is 0 Å². The molecule has 0 aromatic carbocycles. The van der Waals surface area contributed by atoms with Crippen LogP contribution in [0.4, 0.5) is 11.5 Å². The van der Waals surface area contributed by atoms with E-state index in [1.807, 2.05) is 11.8 Å². The van der Waals surface area contributed by atoms with Crippen LogP contribution in [0.3, 0.4) is 0 Å². The zero-order chi connectivity index (χ0) is 13.9. The summed E-state index contributed by atoms with van der Waals surface area (Å²) < 4.78 is 28.5. The smallest absolute Gasteiger partial charge is 0.239 e. The minimum atomic E-state index is -2.91. The first-order chi connectivity index (χ1) is 9.02. The third-order valence-electron chi connectivity index (χ3n) is 3.04. The fraction of sp³-hybridized carbons (Fsp3) is 0.583. The van der Waals surface area contributed by atoms with E-state index >= 15 is 0 Å². The molecule has 2 heterocycles. The largest absolute Gasteiger partial charge is 0.476 e. The Morgan fingerprint density at radius 3 is 2.89 bits per heavy atom. The van der Waals surface area contributed by atoms with Gasteiger partial charge in [0.05, 0.1) is 23.8 Å². The molecule has 0 aliphatic carbocycles.